The van der Waals surface area contributed by atoms with E-state index in [-0.39, 0.29) is 23.9 Å². The first-order valence-electron chi connectivity index (χ1n) is 10.4. The summed E-state index contributed by atoms with van der Waals surface area (Å²) in [5.74, 6) is -1.35. The van der Waals surface area contributed by atoms with E-state index in [9.17, 15) is 22.4 Å². The van der Waals surface area contributed by atoms with Crippen LogP contribution in [0.25, 0.3) is 6.08 Å². The fourth-order valence-corrected chi connectivity index (χ4v) is 5.17. The number of hydrogen-bond donors (Lipinski definition) is 0. The van der Waals surface area contributed by atoms with Gasteiger partial charge < -0.3 is 14.2 Å². The maximum atomic E-state index is 13.8. The summed E-state index contributed by atoms with van der Waals surface area (Å²) in [6.45, 7) is 0.685. The van der Waals surface area contributed by atoms with Gasteiger partial charge in [0.2, 0.25) is 10.0 Å². The van der Waals surface area contributed by atoms with Crippen molar-refractivity contribution in [3.8, 4) is 5.75 Å². The van der Waals surface area contributed by atoms with Crippen molar-refractivity contribution in [2.75, 3.05) is 26.5 Å². The third kappa shape index (κ3) is 5.29. The zero-order chi connectivity index (χ0) is 23.4. The zero-order valence-electron chi connectivity index (χ0n) is 17.7. The lowest BCUT2D eigenvalue weighted by Crippen LogP contribution is -2.27. The molecule has 33 heavy (non-hydrogen) atoms. The van der Waals surface area contributed by atoms with Gasteiger partial charge in [0.1, 0.15) is 11.6 Å². The highest BCUT2D eigenvalue weighted by molar-refractivity contribution is 7.89. The van der Waals surface area contributed by atoms with Crippen LogP contribution in [0.1, 0.15) is 34.3 Å². The van der Waals surface area contributed by atoms with Crippen LogP contribution in [0, 0.1) is 5.82 Å². The molecule has 2 aliphatic rings. The van der Waals surface area contributed by atoms with Gasteiger partial charge in [-0.1, -0.05) is 0 Å². The number of esters is 1. The molecule has 174 valence electrons. The van der Waals surface area contributed by atoms with Gasteiger partial charge >= 0.3 is 5.97 Å². The molecule has 2 aromatic rings. The van der Waals surface area contributed by atoms with E-state index in [0.717, 1.165) is 18.9 Å². The topological polar surface area (TPSA) is 99.2 Å². The highest BCUT2D eigenvalue weighted by atomic mass is 32.2. The van der Waals surface area contributed by atoms with E-state index in [0.29, 0.717) is 30.0 Å². The summed E-state index contributed by atoms with van der Waals surface area (Å²) < 4.78 is 55.8. The molecule has 4 rings (SSSR count). The third-order valence-electron chi connectivity index (χ3n) is 5.33. The van der Waals surface area contributed by atoms with Crippen LogP contribution in [0.2, 0.25) is 0 Å². The van der Waals surface area contributed by atoms with Crippen LogP contribution in [0.3, 0.4) is 0 Å². The molecule has 0 saturated carbocycles. The van der Waals surface area contributed by atoms with E-state index in [4.69, 9.17) is 14.2 Å². The minimum Gasteiger partial charge on any atom is -0.467 e. The zero-order valence-corrected chi connectivity index (χ0v) is 18.5. The number of rotatable bonds is 7. The SMILES string of the molecule is O=C(/C=C/c1cc(F)cc2c1OCOC2)OCC(=O)c1ccc(S(=O)(=O)N2CCCC2)cc1. The molecule has 0 aliphatic carbocycles. The normalized spacial score (nSPS) is 16.4. The van der Waals surface area contributed by atoms with Crippen LogP contribution >= 0.6 is 0 Å². The van der Waals surface area contributed by atoms with E-state index in [2.05, 4.69) is 0 Å². The standard InChI is InChI=1S/C23H22FNO7S/c24-19-11-17(23-18(12-19)13-30-15-32-23)5-8-22(27)31-14-21(26)16-3-6-20(7-4-16)33(28,29)25-9-1-2-10-25/h3-8,11-12H,1-2,9-10,13-15H2/b8-5+. The van der Waals surface area contributed by atoms with Gasteiger partial charge in [0.15, 0.2) is 19.2 Å². The third-order valence-corrected chi connectivity index (χ3v) is 7.24. The molecule has 10 heteroatoms. The fraction of sp³-hybridized carbons (Fsp3) is 0.304. The van der Waals surface area contributed by atoms with Gasteiger partial charge in [-0.25, -0.2) is 17.6 Å². The van der Waals surface area contributed by atoms with Crippen molar-refractivity contribution in [2.45, 2.75) is 24.3 Å². The summed E-state index contributed by atoms with van der Waals surface area (Å²) in [4.78, 5) is 24.5. The smallest absolute Gasteiger partial charge is 0.331 e. The Hall–Kier alpha value is -3.08. The summed E-state index contributed by atoms with van der Waals surface area (Å²) >= 11 is 0. The average molecular weight is 475 g/mol. The Labute approximate surface area is 190 Å². The maximum Gasteiger partial charge on any atom is 0.331 e. The lowest BCUT2D eigenvalue weighted by atomic mass is 10.1. The molecule has 1 saturated heterocycles. The number of Topliss-reactive ketones (excluding diaryl/α,β-unsaturated/α-hetero) is 1. The first kappa shape index (κ1) is 23.1. The Bertz CT molecular complexity index is 1190. The second-order valence-corrected chi connectivity index (χ2v) is 9.53. The number of nitrogens with zero attached hydrogens (tertiary/aromatic N) is 1. The Balaban J connectivity index is 1.35. The van der Waals surface area contributed by atoms with Gasteiger partial charge in [-0.15, -0.1) is 0 Å². The molecule has 0 radical (unpaired) electrons. The summed E-state index contributed by atoms with van der Waals surface area (Å²) in [5.41, 5.74) is 1.10. The maximum absolute atomic E-state index is 13.8. The monoisotopic (exact) mass is 475 g/mol. The number of sulfonamides is 1. The number of hydrogen-bond acceptors (Lipinski definition) is 7. The molecule has 1 fully saturated rings. The first-order valence-corrected chi connectivity index (χ1v) is 11.8. The number of carbonyl (C=O) groups excluding carboxylic acids is 2. The van der Waals surface area contributed by atoms with E-state index in [1.165, 1.54) is 46.8 Å². The van der Waals surface area contributed by atoms with Crippen molar-refractivity contribution < 1.29 is 36.6 Å². The van der Waals surface area contributed by atoms with E-state index in [1.807, 2.05) is 0 Å². The molecule has 0 amide bonds. The molecule has 2 aliphatic heterocycles. The van der Waals surface area contributed by atoms with E-state index < -0.39 is 34.2 Å². The van der Waals surface area contributed by atoms with Crippen molar-refractivity contribution >= 4 is 27.9 Å². The highest BCUT2D eigenvalue weighted by Gasteiger charge is 2.27. The van der Waals surface area contributed by atoms with E-state index in [1.54, 1.807) is 0 Å². The van der Waals surface area contributed by atoms with Gasteiger partial charge in [0, 0.05) is 35.9 Å². The van der Waals surface area contributed by atoms with Crippen molar-refractivity contribution in [1.29, 1.82) is 0 Å². The lowest BCUT2D eigenvalue weighted by molar-refractivity contribution is -0.136. The van der Waals surface area contributed by atoms with Gasteiger partial charge in [0.25, 0.3) is 0 Å². The predicted octanol–water partition coefficient (Wildman–Crippen LogP) is 2.92. The fourth-order valence-electron chi connectivity index (χ4n) is 3.65. The summed E-state index contributed by atoms with van der Waals surface area (Å²) in [7, 11) is -3.57. The largest absolute Gasteiger partial charge is 0.467 e. The molecular formula is C23H22FNO7S. The molecule has 0 spiro atoms. The Morgan fingerprint density at radius 2 is 1.85 bits per heavy atom. The number of halogens is 1. The molecule has 0 N–H and O–H groups in total. The van der Waals surface area contributed by atoms with Crippen LogP contribution in [-0.4, -0.2) is 51.0 Å². The average Bonchev–Trinajstić information content (AvgIpc) is 3.37. The number of ether oxygens (including phenoxy) is 3. The molecule has 8 nitrogen and oxygen atoms in total. The number of carbonyl (C=O) groups is 2. The van der Waals surface area contributed by atoms with Gasteiger partial charge in [-0.05, 0) is 55.3 Å². The Morgan fingerprint density at radius 3 is 2.58 bits per heavy atom. The lowest BCUT2D eigenvalue weighted by Gasteiger charge is -2.19. The summed E-state index contributed by atoms with van der Waals surface area (Å²) in [6.07, 6.45) is 4.09. The van der Waals surface area contributed by atoms with Crippen LogP contribution in [0.15, 0.2) is 47.4 Å². The Morgan fingerprint density at radius 1 is 1.12 bits per heavy atom. The highest BCUT2D eigenvalue weighted by Crippen LogP contribution is 2.30. The molecular weight excluding hydrogens is 453 g/mol. The predicted molar refractivity (Wildman–Crippen MR) is 115 cm³/mol. The summed E-state index contributed by atoms with van der Waals surface area (Å²) in [5, 5.41) is 0. The number of fused-ring (bicyclic) bond motifs is 1. The number of benzene rings is 2. The molecule has 2 aromatic carbocycles. The second kappa shape index (κ2) is 9.82. The molecule has 0 aromatic heterocycles. The van der Waals surface area contributed by atoms with Crippen molar-refractivity contribution in [1.82, 2.24) is 4.31 Å². The molecule has 0 unspecified atom stereocenters. The summed E-state index contributed by atoms with van der Waals surface area (Å²) in [6, 6.07) is 8.06. The second-order valence-electron chi connectivity index (χ2n) is 7.59. The Kier molecular flexibility index (Phi) is 6.87. The van der Waals surface area contributed by atoms with Crippen LogP contribution in [0.4, 0.5) is 4.39 Å². The van der Waals surface area contributed by atoms with Crippen LogP contribution in [0.5, 0.6) is 5.75 Å². The van der Waals surface area contributed by atoms with Gasteiger partial charge in [-0.2, -0.15) is 4.31 Å². The van der Waals surface area contributed by atoms with Crippen LogP contribution in [-0.2, 0) is 30.9 Å². The molecule has 0 atom stereocenters. The van der Waals surface area contributed by atoms with Crippen molar-refractivity contribution in [3.63, 3.8) is 0 Å². The quantitative estimate of drug-likeness (QED) is 0.345. The minimum absolute atomic E-state index is 0.0243. The van der Waals surface area contributed by atoms with E-state index >= 15 is 0 Å². The van der Waals surface area contributed by atoms with Gasteiger partial charge in [-0.3, -0.25) is 4.79 Å². The molecule has 2 heterocycles. The van der Waals surface area contributed by atoms with Gasteiger partial charge in [0.05, 0.1) is 11.5 Å². The molecule has 0 bridgehead atoms. The van der Waals surface area contributed by atoms with Crippen LogP contribution < -0.4 is 4.74 Å². The number of ketones is 1. The van der Waals surface area contributed by atoms with Crippen molar-refractivity contribution in [2.24, 2.45) is 0 Å². The van der Waals surface area contributed by atoms with Crippen molar-refractivity contribution in [3.05, 3.63) is 65.0 Å². The first-order chi connectivity index (χ1) is 15.8. The minimum atomic E-state index is -3.57.